The number of amides is 3. The molecule has 42 heavy (non-hydrogen) atoms. The molecule has 0 bridgehead atoms. The number of rotatable bonds is 14. The van der Waals surface area contributed by atoms with Gasteiger partial charge in [-0.2, -0.15) is 0 Å². The summed E-state index contributed by atoms with van der Waals surface area (Å²) in [6.07, 6.45) is 5.72. The molecular weight excluding hydrogens is 550 g/mol. The minimum Gasteiger partial charge on any atom is -0.391 e. The van der Waals surface area contributed by atoms with Crippen LogP contribution in [0.2, 0.25) is 0 Å². The van der Waals surface area contributed by atoms with Crippen LogP contribution in [0.5, 0.6) is 0 Å². The van der Waals surface area contributed by atoms with Crippen LogP contribution in [0.25, 0.3) is 10.4 Å². The van der Waals surface area contributed by atoms with Gasteiger partial charge in [0.15, 0.2) is 0 Å². The number of benzene rings is 1. The molecule has 0 aliphatic carbocycles. The van der Waals surface area contributed by atoms with E-state index in [-0.39, 0.29) is 36.7 Å². The highest BCUT2D eigenvalue weighted by atomic mass is 32.1. The Bertz CT molecular complexity index is 1180. The molecule has 3 amide bonds. The Morgan fingerprint density at radius 2 is 1.71 bits per heavy atom. The zero-order chi connectivity index (χ0) is 30.9. The predicted molar refractivity (Wildman–Crippen MR) is 168 cm³/mol. The Hall–Kier alpha value is -2.82. The molecular formula is C32H49N5O4S. The number of nitrogens with two attached hydrogens (primary N) is 1. The number of carbonyl (C=O) groups excluding carboxylic acids is 3. The number of carbonyl (C=O) groups is 3. The van der Waals surface area contributed by atoms with Crippen LogP contribution >= 0.6 is 11.3 Å². The third kappa shape index (κ3) is 9.34. The summed E-state index contributed by atoms with van der Waals surface area (Å²) in [5.74, 6) is -0.828. The molecule has 1 aliphatic heterocycles. The number of hydrogen-bond acceptors (Lipinski definition) is 7. The summed E-state index contributed by atoms with van der Waals surface area (Å²) in [5.41, 5.74) is 9.78. The van der Waals surface area contributed by atoms with Gasteiger partial charge in [0.25, 0.3) is 0 Å². The van der Waals surface area contributed by atoms with Crippen LogP contribution in [0.3, 0.4) is 0 Å². The van der Waals surface area contributed by atoms with Crippen LogP contribution < -0.4 is 16.4 Å². The Morgan fingerprint density at radius 1 is 1.07 bits per heavy atom. The molecule has 232 valence electrons. The van der Waals surface area contributed by atoms with E-state index in [4.69, 9.17) is 5.73 Å². The summed E-state index contributed by atoms with van der Waals surface area (Å²) in [6.45, 7) is 10.3. The lowest BCUT2D eigenvalue weighted by Gasteiger charge is -2.35. The lowest BCUT2D eigenvalue weighted by atomic mass is 9.85. The number of nitrogens with zero attached hydrogens (tertiary/aromatic N) is 2. The van der Waals surface area contributed by atoms with Gasteiger partial charge in [0.05, 0.1) is 28.2 Å². The lowest BCUT2D eigenvalue weighted by Crippen LogP contribution is -2.57. The van der Waals surface area contributed by atoms with Gasteiger partial charge in [-0.3, -0.25) is 14.4 Å². The summed E-state index contributed by atoms with van der Waals surface area (Å²) >= 11 is 1.59. The number of hydrogen-bond donors (Lipinski definition) is 4. The van der Waals surface area contributed by atoms with Crippen molar-refractivity contribution in [2.24, 2.45) is 11.1 Å². The van der Waals surface area contributed by atoms with Crippen LogP contribution in [0, 0.1) is 12.3 Å². The number of unbranched alkanes of at least 4 members (excludes halogenated alkanes) is 5. The van der Waals surface area contributed by atoms with E-state index in [9.17, 15) is 19.5 Å². The highest BCUT2D eigenvalue weighted by Crippen LogP contribution is 2.29. The zero-order valence-electron chi connectivity index (χ0n) is 25.8. The predicted octanol–water partition coefficient (Wildman–Crippen LogP) is 4.48. The molecule has 4 atom stereocenters. The summed E-state index contributed by atoms with van der Waals surface area (Å²) in [5, 5.41) is 16.5. The largest absolute Gasteiger partial charge is 0.391 e. The van der Waals surface area contributed by atoms with E-state index < -0.39 is 23.6 Å². The van der Waals surface area contributed by atoms with Crippen molar-refractivity contribution in [1.82, 2.24) is 20.5 Å². The van der Waals surface area contributed by atoms with Gasteiger partial charge in [0, 0.05) is 19.4 Å². The van der Waals surface area contributed by atoms with E-state index >= 15 is 0 Å². The molecule has 0 unspecified atom stereocenters. The van der Waals surface area contributed by atoms with Gasteiger partial charge in [0.2, 0.25) is 17.7 Å². The molecule has 1 aliphatic rings. The lowest BCUT2D eigenvalue weighted by molar-refractivity contribution is -0.144. The van der Waals surface area contributed by atoms with Crippen LogP contribution in [0.1, 0.15) is 96.4 Å². The molecule has 1 fully saturated rings. The van der Waals surface area contributed by atoms with Crippen LogP contribution in [0.4, 0.5) is 0 Å². The third-order valence-electron chi connectivity index (χ3n) is 7.92. The van der Waals surface area contributed by atoms with Gasteiger partial charge in [-0.1, -0.05) is 70.7 Å². The second kappa shape index (κ2) is 15.6. The summed E-state index contributed by atoms with van der Waals surface area (Å²) < 4.78 is 0. The van der Waals surface area contributed by atoms with Gasteiger partial charge in [0.1, 0.15) is 12.1 Å². The van der Waals surface area contributed by atoms with Crippen molar-refractivity contribution < 1.29 is 19.5 Å². The maximum Gasteiger partial charge on any atom is 0.246 e. The highest BCUT2D eigenvalue weighted by molar-refractivity contribution is 7.13. The van der Waals surface area contributed by atoms with Crippen molar-refractivity contribution in [2.75, 3.05) is 13.1 Å². The Morgan fingerprint density at radius 3 is 2.31 bits per heavy atom. The SMILES string of the molecule is Cc1ncsc1-c1ccc([C@H](C)NC(=O)[C@@H]2C[C@@H](O)CN2C(=O)[C@@H](NC(=O)CCCCCCCCN)C(C)(C)C)cc1. The molecule has 3 rings (SSSR count). The van der Waals surface area contributed by atoms with E-state index in [1.54, 1.807) is 11.3 Å². The van der Waals surface area contributed by atoms with E-state index in [1.807, 2.05) is 64.4 Å². The van der Waals surface area contributed by atoms with Crippen molar-refractivity contribution >= 4 is 29.1 Å². The third-order valence-corrected chi connectivity index (χ3v) is 8.90. The summed E-state index contributed by atoms with van der Waals surface area (Å²) in [4.78, 5) is 46.9. The Labute approximate surface area is 254 Å². The molecule has 5 N–H and O–H groups in total. The first kappa shape index (κ1) is 33.7. The standard InChI is InChI=1S/C32H49N5O4S/c1-21(23-13-15-24(16-14-23)28-22(2)34-20-42-28)35-30(40)26-18-25(38)19-37(26)31(41)29(32(3,4)5)36-27(39)12-10-8-6-7-9-11-17-33/h13-16,20-21,25-26,29,38H,6-12,17-19,33H2,1-5H3,(H,35,40)(H,36,39)/t21-,25+,26-,29+/m0/s1. The average molecular weight is 600 g/mol. The molecule has 2 aromatic rings. The fraction of sp³-hybridized carbons (Fsp3) is 0.625. The quantitative estimate of drug-likeness (QED) is 0.236. The first-order valence-electron chi connectivity index (χ1n) is 15.2. The van der Waals surface area contributed by atoms with Gasteiger partial charge in [-0.05, 0) is 49.8 Å². The number of thiazole rings is 1. The summed E-state index contributed by atoms with van der Waals surface area (Å²) in [6, 6.07) is 6.09. The van der Waals surface area contributed by atoms with Crippen molar-refractivity contribution in [3.63, 3.8) is 0 Å². The molecule has 0 spiro atoms. The number of β-amino-alcohol motifs (C(OH)–C–C–N with tert-alkyl or cyclic N) is 1. The minimum atomic E-state index is -0.815. The Balaban J connectivity index is 1.61. The topological polar surface area (TPSA) is 138 Å². The van der Waals surface area contributed by atoms with E-state index in [2.05, 4.69) is 15.6 Å². The van der Waals surface area contributed by atoms with Crippen molar-refractivity contribution in [3.05, 3.63) is 41.0 Å². The monoisotopic (exact) mass is 599 g/mol. The fourth-order valence-electron chi connectivity index (χ4n) is 5.39. The van der Waals surface area contributed by atoms with Crippen molar-refractivity contribution in [3.8, 4) is 10.4 Å². The molecule has 2 heterocycles. The smallest absolute Gasteiger partial charge is 0.246 e. The molecule has 9 nitrogen and oxygen atoms in total. The molecule has 0 saturated carbocycles. The second-order valence-corrected chi connectivity index (χ2v) is 13.4. The first-order chi connectivity index (χ1) is 19.9. The van der Waals surface area contributed by atoms with Crippen LogP contribution in [0.15, 0.2) is 29.8 Å². The van der Waals surface area contributed by atoms with Gasteiger partial charge in [-0.25, -0.2) is 4.98 Å². The van der Waals surface area contributed by atoms with E-state index in [1.165, 1.54) is 4.90 Å². The number of aliphatic hydroxyl groups excluding tert-OH is 1. The maximum absolute atomic E-state index is 13.8. The minimum absolute atomic E-state index is 0.0550. The second-order valence-electron chi connectivity index (χ2n) is 12.5. The number of aryl methyl sites for hydroxylation is 1. The van der Waals surface area contributed by atoms with Gasteiger partial charge in [-0.15, -0.1) is 11.3 Å². The maximum atomic E-state index is 13.8. The van der Waals surface area contributed by atoms with Gasteiger partial charge >= 0.3 is 0 Å². The van der Waals surface area contributed by atoms with Gasteiger partial charge < -0.3 is 26.4 Å². The summed E-state index contributed by atoms with van der Waals surface area (Å²) in [7, 11) is 0. The van der Waals surface area contributed by atoms with Crippen LogP contribution in [-0.4, -0.2) is 64.0 Å². The number of aliphatic hydroxyl groups is 1. The average Bonchev–Trinajstić information content (AvgIpc) is 3.55. The molecule has 1 aromatic heterocycles. The Kier molecular flexibility index (Phi) is 12.5. The fourth-order valence-corrected chi connectivity index (χ4v) is 6.20. The van der Waals surface area contributed by atoms with E-state index in [0.717, 1.165) is 60.2 Å². The first-order valence-corrected chi connectivity index (χ1v) is 16.1. The van der Waals surface area contributed by atoms with Crippen LogP contribution in [-0.2, 0) is 14.4 Å². The molecule has 0 radical (unpaired) electrons. The number of likely N-dealkylation sites (tertiary alicyclic amines) is 1. The molecule has 1 aromatic carbocycles. The molecule has 1 saturated heterocycles. The molecule has 10 heteroatoms. The highest BCUT2D eigenvalue weighted by Gasteiger charge is 2.44. The van der Waals surface area contributed by atoms with Crippen molar-refractivity contribution in [2.45, 2.75) is 110 Å². The van der Waals surface area contributed by atoms with E-state index in [0.29, 0.717) is 13.0 Å². The normalized spacial score (nSPS) is 18.5. The van der Waals surface area contributed by atoms with Crippen molar-refractivity contribution in [1.29, 1.82) is 0 Å². The number of nitrogens with one attached hydrogen (secondary N) is 2. The zero-order valence-corrected chi connectivity index (χ0v) is 26.6. The number of aromatic nitrogens is 1.